The Morgan fingerprint density at radius 1 is 1.33 bits per heavy atom. The zero-order valence-electron chi connectivity index (χ0n) is 10.7. The lowest BCUT2D eigenvalue weighted by Crippen LogP contribution is -2.35. The number of hydrogen-bond acceptors (Lipinski definition) is 2. The Morgan fingerprint density at radius 3 is 2.40 bits per heavy atom. The maximum Gasteiger partial charge on any atom is 0.00387 e. The predicted molar refractivity (Wildman–Crippen MR) is 66.9 cm³/mol. The van der Waals surface area contributed by atoms with Gasteiger partial charge in [0.2, 0.25) is 0 Å². The van der Waals surface area contributed by atoms with E-state index in [1.54, 1.807) is 0 Å². The number of hydrogen-bond donors (Lipinski definition) is 1. The molecular formula is C13H28N2. The van der Waals surface area contributed by atoms with Crippen molar-refractivity contribution in [2.75, 3.05) is 19.6 Å². The average Bonchev–Trinajstić information content (AvgIpc) is 3.01. The highest BCUT2D eigenvalue weighted by molar-refractivity contribution is 4.79. The molecule has 0 heterocycles. The largest absolute Gasteiger partial charge is 0.330 e. The topological polar surface area (TPSA) is 29.3 Å². The molecule has 0 saturated heterocycles. The van der Waals surface area contributed by atoms with Crippen molar-refractivity contribution in [1.29, 1.82) is 0 Å². The minimum absolute atomic E-state index is 0.695. The van der Waals surface area contributed by atoms with E-state index in [1.165, 1.54) is 38.8 Å². The second kappa shape index (κ2) is 6.49. The first-order valence-electron chi connectivity index (χ1n) is 6.61. The van der Waals surface area contributed by atoms with Crippen molar-refractivity contribution in [1.82, 2.24) is 4.90 Å². The summed E-state index contributed by atoms with van der Waals surface area (Å²) in [5.41, 5.74) is 5.74. The highest BCUT2D eigenvalue weighted by Crippen LogP contribution is 2.30. The molecule has 2 heteroatoms. The van der Waals surface area contributed by atoms with Crippen molar-refractivity contribution in [2.45, 2.75) is 52.5 Å². The molecule has 0 aromatic rings. The average molecular weight is 212 g/mol. The summed E-state index contributed by atoms with van der Waals surface area (Å²) in [6.07, 6.45) is 5.42. The maximum atomic E-state index is 5.74. The van der Waals surface area contributed by atoms with E-state index in [9.17, 15) is 0 Å². The van der Waals surface area contributed by atoms with E-state index in [1.807, 2.05) is 0 Å². The highest BCUT2D eigenvalue weighted by Gasteiger charge is 2.25. The molecule has 0 aromatic carbocycles. The van der Waals surface area contributed by atoms with Crippen molar-refractivity contribution in [2.24, 2.45) is 17.6 Å². The first kappa shape index (κ1) is 13.0. The molecule has 0 aromatic heterocycles. The molecule has 90 valence electrons. The normalized spacial score (nSPS) is 18.8. The summed E-state index contributed by atoms with van der Waals surface area (Å²) in [6, 6.07) is 0.695. The van der Waals surface area contributed by atoms with E-state index < -0.39 is 0 Å². The van der Waals surface area contributed by atoms with Gasteiger partial charge in [0.05, 0.1) is 0 Å². The van der Waals surface area contributed by atoms with Gasteiger partial charge in [0.25, 0.3) is 0 Å². The Hall–Kier alpha value is -0.0800. The molecule has 2 nitrogen and oxygen atoms in total. The summed E-state index contributed by atoms with van der Waals surface area (Å²) >= 11 is 0. The Morgan fingerprint density at radius 2 is 2.00 bits per heavy atom. The summed E-state index contributed by atoms with van der Waals surface area (Å²) in [5, 5.41) is 0. The van der Waals surface area contributed by atoms with E-state index in [0.717, 1.165) is 18.4 Å². The number of nitrogens with two attached hydrogens (primary N) is 1. The van der Waals surface area contributed by atoms with Gasteiger partial charge in [0, 0.05) is 12.6 Å². The molecular weight excluding hydrogens is 184 g/mol. The minimum Gasteiger partial charge on any atom is -0.330 e. The van der Waals surface area contributed by atoms with Crippen LogP contribution in [0.5, 0.6) is 0 Å². The maximum absolute atomic E-state index is 5.74. The molecule has 0 amide bonds. The zero-order chi connectivity index (χ0) is 11.3. The van der Waals surface area contributed by atoms with Gasteiger partial charge in [-0.05, 0) is 58.0 Å². The van der Waals surface area contributed by atoms with Crippen LogP contribution in [0.2, 0.25) is 0 Å². The summed E-state index contributed by atoms with van der Waals surface area (Å²) in [5.74, 6) is 1.73. The molecule has 15 heavy (non-hydrogen) atoms. The lowest BCUT2D eigenvalue weighted by Gasteiger charge is -2.28. The van der Waals surface area contributed by atoms with Crippen LogP contribution in [0, 0.1) is 11.8 Å². The SMILES string of the molecule is CCC(CN)CCN(CC1CC1)C(C)C. The van der Waals surface area contributed by atoms with Gasteiger partial charge in [-0.25, -0.2) is 0 Å². The van der Waals surface area contributed by atoms with Gasteiger partial charge in [0.1, 0.15) is 0 Å². The minimum atomic E-state index is 0.695. The predicted octanol–water partition coefficient (Wildman–Crippen LogP) is 2.48. The van der Waals surface area contributed by atoms with Gasteiger partial charge in [0.15, 0.2) is 0 Å². The molecule has 0 radical (unpaired) electrons. The third-order valence-electron chi connectivity index (χ3n) is 3.66. The standard InChI is InChI=1S/C13H28N2/c1-4-12(9-14)7-8-15(11(2)3)10-13-5-6-13/h11-13H,4-10,14H2,1-3H3. The van der Waals surface area contributed by atoms with Crippen molar-refractivity contribution in [3.63, 3.8) is 0 Å². The number of rotatable bonds is 8. The van der Waals surface area contributed by atoms with E-state index in [2.05, 4.69) is 25.7 Å². The molecule has 1 atom stereocenters. The molecule has 0 aliphatic heterocycles. The van der Waals surface area contributed by atoms with Gasteiger partial charge in [-0.2, -0.15) is 0 Å². The Labute approximate surface area is 95.2 Å². The van der Waals surface area contributed by atoms with Crippen LogP contribution in [0.3, 0.4) is 0 Å². The van der Waals surface area contributed by atoms with E-state index in [4.69, 9.17) is 5.73 Å². The monoisotopic (exact) mass is 212 g/mol. The van der Waals surface area contributed by atoms with Crippen molar-refractivity contribution in [3.05, 3.63) is 0 Å². The molecule has 1 aliphatic rings. The van der Waals surface area contributed by atoms with Crippen molar-refractivity contribution in [3.8, 4) is 0 Å². The lowest BCUT2D eigenvalue weighted by molar-refractivity contribution is 0.197. The third-order valence-corrected chi connectivity index (χ3v) is 3.66. The molecule has 2 N–H and O–H groups in total. The van der Waals surface area contributed by atoms with Crippen LogP contribution in [0.15, 0.2) is 0 Å². The Kier molecular flexibility index (Phi) is 5.62. The molecule has 1 saturated carbocycles. The van der Waals surface area contributed by atoms with E-state index in [0.29, 0.717) is 6.04 Å². The third kappa shape index (κ3) is 4.98. The number of nitrogens with zero attached hydrogens (tertiary/aromatic N) is 1. The fraction of sp³-hybridized carbons (Fsp3) is 1.00. The first-order chi connectivity index (χ1) is 7.17. The first-order valence-corrected chi connectivity index (χ1v) is 6.61. The lowest BCUT2D eigenvalue weighted by atomic mass is 10.0. The van der Waals surface area contributed by atoms with Gasteiger partial charge in [-0.1, -0.05) is 13.3 Å². The summed E-state index contributed by atoms with van der Waals surface area (Å²) in [6.45, 7) is 10.3. The Balaban J connectivity index is 2.23. The fourth-order valence-corrected chi connectivity index (χ4v) is 2.03. The molecule has 1 unspecified atom stereocenters. The van der Waals surface area contributed by atoms with Crippen LogP contribution in [-0.2, 0) is 0 Å². The van der Waals surface area contributed by atoms with Crippen LogP contribution in [0.25, 0.3) is 0 Å². The van der Waals surface area contributed by atoms with E-state index >= 15 is 0 Å². The fourth-order valence-electron chi connectivity index (χ4n) is 2.03. The van der Waals surface area contributed by atoms with Crippen molar-refractivity contribution >= 4 is 0 Å². The van der Waals surface area contributed by atoms with Crippen LogP contribution >= 0.6 is 0 Å². The van der Waals surface area contributed by atoms with Gasteiger partial charge < -0.3 is 10.6 Å². The Bertz CT molecular complexity index is 160. The molecule has 1 fully saturated rings. The van der Waals surface area contributed by atoms with Crippen LogP contribution in [-0.4, -0.2) is 30.6 Å². The second-order valence-corrected chi connectivity index (χ2v) is 5.33. The molecule has 1 rings (SSSR count). The van der Waals surface area contributed by atoms with E-state index in [-0.39, 0.29) is 0 Å². The smallest absolute Gasteiger partial charge is 0.00387 e. The van der Waals surface area contributed by atoms with Gasteiger partial charge in [-0.15, -0.1) is 0 Å². The van der Waals surface area contributed by atoms with Crippen molar-refractivity contribution < 1.29 is 0 Å². The van der Waals surface area contributed by atoms with Crippen LogP contribution in [0.4, 0.5) is 0 Å². The van der Waals surface area contributed by atoms with Crippen LogP contribution in [0.1, 0.15) is 46.5 Å². The molecule has 0 spiro atoms. The molecule has 1 aliphatic carbocycles. The zero-order valence-corrected chi connectivity index (χ0v) is 10.7. The van der Waals surface area contributed by atoms with Gasteiger partial charge >= 0.3 is 0 Å². The second-order valence-electron chi connectivity index (χ2n) is 5.33. The highest BCUT2D eigenvalue weighted by atomic mass is 15.1. The quantitative estimate of drug-likeness (QED) is 0.670. The summed E-state index contributed by atoms with van der Waals surface area (Å²) in [7, 11) is 0. The van der Waals surface area contributed by atoms with Crippen LogP contribution < -0.4 is 5.73 Å². The van der Waals surface area contributed by atoms with Gasteiger partial charge in [-0.3, -0.25) is 0 Å². The molecule has 0 bridgehead atoms. The summed E-state index contributed by atoms with van der Waals surface area (Å²) < 4.78 is 0. The summed E-state index contributed by atoms with van der Waals surface area (Å²) in [4.78, 5) is 2.63.